The fourth-order valence-corrected chi connectivity index (χ4v) is 2.29. The molecule has 4 nitrogen and oxygen atoms in total. The van der Waals surface area contributed by atoms with E-state index in [1.54, 1.807) is 0 Å². The van der Waals surface area contributed by atoms with Crippen LogP contribution in [0.1, 0.15) is 65.7 Å². The third-order valence-electron chi connectivity index (χ3n) is 3.74. The molecule has 0 fully saturated rings. The van der Waals surface area contributed by atoms with Gasteiger partial charge in [-0.05, 0) is 19.3 Å². The van der Waals surface area contributed by atoms with Crippen molar-refractivity contribution in [1.82, 2.24) is 4.90 Å². The molecule has 0 aliphatic rings. The SMILES string of the molecule is CCCCCCN(CCC(=O)OC)C(=O)C(CC)CC. The van der Waals surface area contributed by atoms with Crippen molar-refractivity contribution in [3.05, 3.63) is 0 Å². The minimum Gasteiger partial charge on any atom is -0.469 e. The van der Waals surface area contributed by atoms with Gasteiger partial charge in [-0.3, -0.25) is 9.59 Å². The van der Waals surface area contributed by atoms with Crippen molar-refractivity contribution in [3.8, 4) is 0 Å². The number of ether oxygens (including phenoxy) is 1. The number of methoxy groups -OCH3 is 1. The summed E-state index contributed by atoms with van der Waals surface area (Å²) in [4.78, 5) is 25.6. The van der Waals surface area contributed by atoms with Crippen molar-refractivity contribution in [1.29, 1.82) is 0 Å². The van der Waals surface area contributed by atoms with Gasteiger partial charge in [0.25, 0.3) is 0 Å². The lowest BCUT2D eigenvalue weighted by molar-refractivity contribution is -0.142. The van der Waals surface area contributed by atoms with Crippen LogP contribution in [0.4, 0.5) is 0 Å². The molecule has 0 aliphatic carbocycles. The Morgan fingerprint density at radius 3 is 2.15 bits per heavy atom. The van der Waals surface area contributed by atoms with Crippen LogP contribution in [0.5, 0.6) is 0 Å². The average molecular weight is 285 g/mol. The highest BCUT2D eigenvalue weighted by Gasteiger charge is 2.21. The van der Waals surface area contributed by atoms with Crippen LogP contribution in [0.3, 0.4) is 0 Å². The smallest absolute Gasteiger partial charge is 0.307 e. The highest BCUT2D eigenvalue weighted by Crippen LogP contribution is 2.14. The summed E-state index contributed by atoms with van der Waals surface area (Å²) in [6.45, 7) is 7.49. The Morgan fingerprint density at radius 1 is 1.00 bits per heavy atom. The zero-order valence-electron chi connectivity index (χ0n) is 13.6. The molecular weight excluding hydrogens is 254 g/mol. The van der Waals surface area contributed by atoms with E-state index in [-0.39, 0.29) is 24.2 Å². The molecular formula is C16H31NO3. The molecule has 0 radical (unpaired) electrons. The second-order valence-electron chi connectivity index (χ2n) is 5.23. The lowest BCUT2D eigenvalue weighted by Crippen LogP contribution is -2.38. The topological polar surface area (TPSA) is 46.6 Å². The maximum absolute atomic E-state index is 12.4. The molecule has 0 saturated carbocycles. The van der Waals surface area contributed by atoms with Crippen LogP contribution in [0.2, 0.25) is 0 Å². The van der Waals surface area contributed by atoms with Crippen molar-refractivity contribution in [2.45, 2.75) is 65.7 Å². The summed E-state index contributed by atoms with van der Waals surface area (Å²) in [5.41, 5.74) is 0. The van der Waals surface area contributed by atoms with E-state index in [0.29, 0.717) is 6.54 Å². The Bertz CT molecular complexity index is 275. The number of hydrogen-bond donors (Lipinski definition) is 0. The van der Waals surface area contributed by atoms with Crippen LogP contribution < -0.4 is 0 Å². The average Bonchev–Trinajstić information content (AvgIpc) is 2.47. The highest BCUT2D eigenvalue weighted by molar-refractivity contribution is 5.79. The third-order valence-corrected chi connectivity index (χ3v) is 3.74. The quantitative estimate of drug-likeness (QED) is 0.432. The van der Waals surface area contributed by atoms with Crippen LogP contribution in [-0.2, 0) is 14.3 Å². The second-order valence-corrected chi connectivity index (χ2v) is 5.23. The molecule has 0 aromatic carbocycles. The molecule has 0 spiro atoms. The lowest BCUT2D eigenvalue weighted by atomic mass is 10.0. The zero-order valence-corrected chi connectivity index (χ0v) is 13.6. The molecule has 0 rings (SSSR count). The molecule has 1 amide bonds. The van der Waals surface area contributed by atoms with Crippen LogP contribution >= 0.6 is 0 Å². The first-order valence-corrected chi connectivity index (χ1v) is 7.96. The first-order valence-electron chi connectivity index (χ1n) is 7.96. The lowest BCUT2D eigenvalue weighted by Gasteiger charge is -2.26. The van der Waals surface area contributed by atoms with Gasteiger partial charge in [0, 0.05) is 19.0 Å². The molecule has 118 valence electrons. The summed E-state index contributed by atoms with van der Waals surface area (Å²) >= 11 is 0. The zero-order chi connectivity index (χ0) is 15.4. The first-order chi connectivity index (χ1) is 9.60. The van der Waals surface area contributed by atoms with Gasteiger partial charge in [-0.1, -0.05) is 40.0 Å². The van der Waals surface area contributed by atoms with Crippen molar-refractivity contribution in [2.75, 3.05) is 20.2 Å². The van der Waals surface area contributed by atoms with Crippen LogP contribution in [0.25, 0.3) is 0 Å². The van der Waals surface area contributed by atoms with Crippen molar-refractivity contribution < 1.29 is 14.3 Å². The molecule has 0 aromatic rings. The largest absolute Gasteiger partial charge is 0.469 e. The van der Waals surface area contributed by atoms with E-state index < -0.39 is 0 Å². The normalized spacial score (nSPS) is 10.7. The van der Waals surface area contributed by atoms with Gasteiger partial charge in [0.15, 0.2) is 0 Å². The molecule has 20 heavy (non-hydrogen) atoms. The number of nitrogens with zero attached hydrogens (tertiary/aromatic N) is 1. The van der Waals surface area contributed by atoms with E-state index >= 15 is 0 Å². The summed E-state index contributed by atoms with van der Waals surface area (Å²) in [6, 6.07) is 0. The number of carbonyl (C=O) groups excluding carboxylic acids is 2. The minimum absolute atomic E-state index is 0.0822. The highest BCUT2D eigenvalue weighted by atomic mass is 16.5. The molecule has 0 heterocycles. The van der Waals surface area contributed by atoms with E-state index in [0.717, 1.165) is 32.2 Å². The number of unbranched alkanes of at least 4 members (excludes halogenated alkanes) is 3. The molecule has 0 aromatic heterocycles. The van der Waals surface area contributed by atoms with Crippen molar-refractivity contribution >= 4 is 11.9 Å². The predicted molar refractivity (Wildman–Crippen MR) is 81.4 cm³/mol. The van der Waals surface area contributed by atoms with Gasteiger partial charge in [-0.25, -0.2) is 0 Å². The Balaban J connectivity index is 4.43. The molecule has 0 saturated heterocycles. The fraction of sp³-hybridized carbons (Fsp3) is 0.875. The summed E-state index contributed by atoms with van der Waals surface area (Å²) in [5, 5.41) is 0. The Morgan fingerprint density at radius 2 is 1.65 bits per heavy atom. The van der Waals surface area contributed by atoms with E-state index in [1.807, 2.05) is 18.7 Å². The number of amides is 1. The van der Waals surface area contributed by atoms with Crippen LogP contribution in [0.15, 0.2) is 0 Å². The van der Waals surface area contributed by atoms with Gasteiger partial charge in [0.05, 0.1) is 13.5 Å². The van der Waals surface area contributed by atoms with E-state index in [2.05, 4.69) is 11.7 Å². The number of hydrogen-bond acceptors (Lipinski definition) is 3. The van der Waals surface area contributed by atoms with E-state index in [1.165, 1.54) is 20.0 Å². The second kappa shape index (κ2) is 11.7. The fourth-order valence-electron chi connectivity index (χ4n) is 2.29. The molecule has 0 bridgehead atoms. The summed E-state index contributed by atoms with van der Waals surface area (Å²) in [7, 11) is 1.39. The van der Waals surface area contributed by atoms with Gasteiger partial charge in [-0.2, -0.15) is 0 Å². The van der Waals surface area contributed by atoms with Crippen molar-refractivity contribution in [2.24, 2.45) is 5.92 Å². The van der Waals surface area contributed by atoms with Gasteiger partial charge in [0.2, 0.25) is 5.91 Å². The Kier molecular flexibility index (Phi) is 11.1. The minimum atomic E-state index is -0.249. The Labute approximate surface area is 123 Å². The summed E-state index contributed by atoms with van der Waals surface area (Å²) < 4.78 is 4.66. The number of carbonyl (C=O) groups is 2. The summed E-state index contributed by atoms with van der Waals surface area (Å²) in [5.74, 6) is 0.0233. The van der Waals surface area contributed by atoms with Gasteiger partial charge in [-0.15, -0.1) is 0 Å². The molecule has 0 atom stereocenters. The maximum Gasteiger partial charge on any atom is 0.307 e. The van der Waals surface area contributed by atoms with Gasteiger partial charge >= 0.3 is 5.97 Å². The Hall–Kier alpha value is -1.06. The van der Waals surface area contributed by atoms with Gasteiger partial charge in [0.1, 0.15) is 0 Å². The van der Waals surface area contributed by atoms with Crippen LogP contribution in [0, 0.1) is 5.92 Å². The standard InChI is InChI=1S/C16H31NO3/c1-5-8-9-10-12-17(13-11-15(18)20-4)16(19)14(6-2)7-3/h14H,5-13H2,1-4H3. The number of rotatable bonds is 11. The maximum atomic E-state index is 12.4. The molecule has 0 N–H and O–H groups in total. The molecule has 4 heteroatoms. The third kappa shape index (κ3) is 7.51. The molecule has 0 aliphatic heterocycles. The van der Waals surface area contributed by atoms with E-state index in [4.69, 9.17) is 0 Å². The van der Waals surface area contributed by atoms with E-state index in [9.17, 15) is 9.59 Å². The van der Waals surface area contributed by atoms with Gasteiger partial charge < -0.3 is 9.64 Å². The first kappa shape index (κ1) is 18.9. The van der Waals surface area contributed by atoms with Crippen LogP contribution in [-0.4, -0.2) is 37.0 Å². The monoisotopic (exact) mass is 285 g/mol. The summed E-state index contributed by atoms with van der Waals surface area (Å²) in [6.07, 6.45) is 6.54. The van der Waals surface area contributed by atoms with Crippen molar-refractivity contribution in [3.63, 3.8) is 0 Å². The predicted octanol–water partition coefficient (Wildman–Crippen LogP) is 3.39. The molecule has 0 unspecified atom stereocenters. The number of esters is 1.